The number of anilines is 1. The van der Waals surface area contributed by atoms with Gasteiger partial charge in [-0.15, -0.1) is 11.3 Å². The zero-order chi connectivity index (χ0) is 14.2. The molecule has 0 aromatic carbocycles. The fraction of sp³-hybridized carbons (Fsp3) is 0.800. The van der Waals surface area contributed by atoms with Gasteiger partial charge in [0.15, 0.2) is 5.13 Å². The van der Waals surface area contributed by atoms with E-state index in [1.807, 2.05) is 11.3 Å². The zero-order valence-corrected chi connectivity index (χ0v) is 13.9. The summed E-state index contributed by atoms with van der Waals surface area (Å²) in [7, 11) is 2.18. The fourth-order valence-electron chi connectivity index (χ4n) is 2.04. The molecule has 1 aromatic rings. The van der Waals surface area contributed by atoms with Crippen molar-refractivity contribution in [1.29, 1.82) is 0 Å². The molecular formula is C15H27N3S. The van der Waals surface area contributed by atoms with Gasteiger partial charge >= 0.3 is 0 Å². The molecule has 1 aliphatic rings. The van der Waals surface area contributed by atoms with Crippen LogP contribution in [0.4, 0.5) is 5.13 Å². The van der Waals surface area contributed by atoms with Gasteiger partial charge in [-0.3, -0.25) is 0 Å². The second kappa shape index (κ2) is 5.41. The molecule has 0 unspecified atom stereocenters. The Balaban J connectivity index is 2.15. The Kier molecular flexibility index (Phi) is 4.21. The molecule has 0 spiro atoms. The summed E-state index contributed by atoms with van der Waals surface area (Å²) in [6.45, 7) is 12.0. The lowest BCUT2D eigenvalue weighted by Gasteiger charge is -2.20. The standard InChI is InChI=1S/C15H27N3S/c1-10(2)13-12(9-16-15(3,4)5)19-14(17-13)18(6)11-7-8-11/h10-11,16H,7-9H2,1-6H3. The third-order valence-corrected chi connectivity index (χ3v) is 4.60. The van der Waals surface area contributed by atoms with Crippen LogP contribution in [0.15, 0.2) is 0 Å². The van der Waals surface area contributed by atoms with Crippen molar-refractivity contribution in [3.8, 4) is 0 Å². The van der Waals surface area contributed by atoms with Gasteiger partial charge in [-0.2, -0.15) is 0 Å². The highest BCUT2D eigenvalue weighted by molar-refractivity contribution is 7.15. The minimum absolute atomic E-state index is 0.154. The van der Waals surface area contributed by atoms with Crippen LogP contribution in [-0.2, 0) is 6.54 Å². The predicted octanol–water partition coefficient (Wildman–Crippen LogP) is 3.75. The minimum atomic E-state index is 0.154. The maximum Gasteiger partial charge on any atom is 0.185 e. The van der Waals surface area contributed by atoms with Crippen LogP contribution in [0.2, 0.25) is 0 Å². The van der Waals surface area contributed by atoms with Gasteiger partial charge in [-0.05, 0) is 39.5 Å². The highest BCUT2D eigenvalue weighted by Gasteiger charge is 2.29. The van der Waals surface area contributed by atoms with Crippen molar-refractivity contribution in [2.75, 3.05) is 11.9 Å². The molecule has 0 aliphatic heterocycles. The summed E-state index contributed by atoms with van der Waals surface area (Å²) in [5, 5.41) is 4.77. The van der Waals surface area contributed by atoms with Crippen molar-refractivity contribution in [2.45, 2.75) is 71.5 Å². The first-order chi connectivity index (χ1) is 8.78. The molecule has 1 saturated carbocycles. The van der Waals surface area contributed by atoms with Gasteiger partial charge in [0.05, 0.1) is 5.69 Å². The van der Waals surface area contributed by atoms with E-state index in [1.165, 1.54) is 28.5 Å². The van der Waals surface area contributed by atoms with Crippen LogP contribution in [0.25, 0.3) is 0 Å². The molecule has 2 rings (SSSR count). The van der Waals surface area contributed by atoms with E-state index in [1.54, 1.807) is 0 Å². The maximum absolute atomic E-state index is 4.88. The van der Waals surface area contributed by atoms with Crippen LogP contribution in [0, 0.1) is 0 Å². The van der Waals surface area contributed by atoms with Gasteiger partial charge in [-0.1, -0.05) is 13.8 Å². The summed E-state index contributed by atoms with van der Waals surface area (Å²) in [6, 6.07) is 0.731. The van der Waals surface area contributed by atoms with Gasteiger partial charge in [0.2, 0.25) is 0 Å². The Labute approximate surface area is 121 Å². The van der Waals surface area contributed by atoms with Gasteiger partial charge in [-0.25, -0.2) is 4.98 Å². The SMILES string of the molecule is CC(C)c1nc(N(C)C2CC2)sc1CNC(C)(C)C. The Morgan fingerprint density at radius 2 is 2.00 bits per heavy atom. The lowest BCUT2D eigenvalue weighted by molar-refractivity contribution is 0.425. The fourth-order valence-corrected chi connectivity index (χ4v) is 3.23. The van der Waals surface area contributed by atoms with E-state index in [9.17, 15) is 0 Å². The van der Waals surface area contributed by atoms with Crippen LogP contribution in [0.1, 0.15) is 63.9 Å². The summed E-state index contributed by atoms with van der Waals surface area (Å²) in [5.74, 6) is 0.495. The highest BCUT2D eigenvalue weighted by Crippen LogP contribution is 2.36. The second-order valence-electron chi connectivity index (χ2n) is 6.91. The van der Waals surface area contributed by atoms with Crippen LogP contribution in [0.5, 0.6) is 0 Å². The topological polar surface area (TPSA) is 28.2 Å². The molecule has 1 aromatic heterocycles. The summed E-state index contributed by atoms with van der Waals surface area (Å²) in [5.41, 5.74) is 1.42. The smallest absolute Gasteiger partial charge is 0.185 e. The van der Waals surface area contributed by atoms with Crippen molar-refractivity contribution < 1.29 is 0 Å². The predicted molar refractivity (Wildman–Crippen MR) is 84.2 cm³/mol. The summed E-state index contributed by atoms with van der Waals surface area (Å²) in [6.07, 6.45) is 2.64. The first-order valence-corrected chi connectivity index (χ1v) is 8.07. The Bertz CT molecular complexity index is 427. The third kappa shape index (κ3) is 3.93. The average molecular weight is 281 g/mol. The van der Waals surface area contributed by atoms with E-state index in [0.717, 1.165) is 12.6 Å². The zero-order valence-electron chi connectivity index (χ0n) is 13.1. The number of nitrogens with zero attached hydrogens (tertiary/aromatic N) is 2. The summed E-state index contributed by atoms with van der Waals surface area (Å²) < 4.78 is 0. The number of nitrogens with one attached hydrogen (secondary N) is 1. The number of thiazole rings is 1. The van der Waals surface area contributed by atoms with E-state index in [2.05, 4.69) is 51.9 Å². The molecule has 1 heterocycles. The van der Waals surface area contributed by atoms with Crippen molar-refractivity contribution in [2.24, 2.45) is 0 Å². The normalized spacial score (nSPS) is 16.2. The van der Waals surface area contributed by atoms with E-state index in [0.29, 0.717) is 5.92 Å². The van der Waals surface area contributed by atoms with Gasteiger partial charge in [0.25, 0.3) is 0 Å². The Hall–Kier alpha value is -0.610. The Morgan fingerprint density at radius 1 is 1.37 bits per heavy atom. The maximum atomic E-state index is 4.88. The Morgan fingerprint density at radius 3 is 2.47 bits per heavy atom. The molecule has 0 bridgehead atoms. The van der Waals surface area contributed by atoms with Gasteiger partial charge in [0, 0.05) is 30.1 Å². The summed E-state index contributed by atoms with van der Waals surface area (Å²) >= 11 is 1.86. The molecule has 4 heteroatoms. The quantitative estimate of drug-likeness (QED) is 0.891. The lowest BCUT2D eigenvalue weighted by atomic mass is 10.1. The van der Waals surface area contributed by atoms with E-state index in [-0.39, 0.29) is 5.54 Å². The molecule has 0 amide bonds. The third-order valence-electron chi connectivity index (χ3n) is 3.44. The molecule has 0 radical (unpaired) electrons. The van der Waals surface area contributed by atoms with Crippen LogP contribution >= 0.6 is 11.3 Å². The average Bonchev–Trinajstić information content (AvgIpc) is 3.03. The van der Waals surface area contributed by atoms with Crippen LogP contribution < -0.4 is 10.2 Å². The number of aromatic nitrogens is 1. The van der Waals surface area contributed by atoms with E-state index < -0.39 is 0 Å². The van der Waals surface area contributed by atoms with Crippen LogP contribution in [0.3, 0.4) is 0 Å². The molecular weight excluding hydrogens is 254 g/mol. The second-order valence-corrected chi connectivity index (χ2v) is 7.97. The molecule has 1 fully saturated rings. The molecule has 0 atom stereocenters. The molecule has 19 heavy (non-hydrogen) atoms. The van der Waals surface area contributed by atoms with Crippen molar-refractivity contribution in [3.63, 3.8) is 0 Å². The van der Waals surface area contributed by atoms with E-state index in [4.69, 9.17) is 4.98 Å². The van der Waals surface area contributed by atoms with Crippen molar-refractivity contribution in [3.05, 3.63) is 10.6 Å². The molecule has 0 saturated heterocycles. The molecule has 3 nitrogen and oxygen atoms in total. The minimum Gasteiger partial charge on any atom is -0.348 e. The number of rotatable bonds is 5. The summed E-state index contributed by atoms with van der Waals surface area (Å²) in [4.78, 5) is 8.63. The first kappa shape index (κ1) is 14.8. The lowest BCUT2D eigenvalue weighted by Crippen LogP contribution is -2.35. The van der Waals surface area contributed by atoms with E-state index >= 15 is 0 Å². The van der Waals surface area contributed by atoms with Crippen molar-refractivity contribution >= 4 is 16.5 Å². The number of hydrogen-bond donors (Lipinski definition) is 1. The largest absolute Gasteiger partial charge is 0.348 e. The number of hydrogen-bond acceptors (Lipinski definition) is 4. The monoisotopic (exact) mass is 281 g/mol. The molecule has 1 aliphatic carbocycles. The highest BCUT2D eigenvalue weighted by atomic mass is 32.1. The van der Waals surface area contributed by atoms with Gasteiger partial charge < -0.3 is 10.2 Å². The molecule has 108 valence electrons. The first-order valence-electron chi connectivity index (χ1n) is 7.25. The van der Waals surface area contributed by atoms with Crippen molar-refractivity contribution in [1.82, 2.24) is 10.3 Å². The van der Waals surface area contributed by atoms with Crippen LogP contribution in [-0.4, -0.2) is 23.6 Å². The van der Waals surface area contributed by atoms with Gasteiger partial charge in [0.1, 0.15) is 0 Å². The molecule has 1 N–H and O–H groups in total.